The third-order valence-corrected chi connectivity index (χ3v) is 3.22. The summed E-state index contributed by atoms with van der Waals surface area (Å²) in [6.45, 7) is 0.0742. The molecule has 0 spiro atoms. The summed E-state index contributed by atoms with van der Waals surface area (Å²) in [7, 11) is 0. The molecule has 1 saturated heterocycles. The maximum Gasteiger partial charge on any atom is 0.326 e. The molecule has 1 fully saturated rings. The lowest BCUT2D eigenvalue weighted by Gasteiger charge is -2.21. The molecule has 0 aliphatic carbocycles. The molecule has 1 unspecified atom stereocenters. The number of carbonyl (C=O) groups is 2. The minimum Gasteiger partial charge on any atom is -0.480 e. The standard InChI is InChI=1S/C13H16N2O4/c14-9-3-1-8(2-4-9)5-12(17)15-7-10(16)6-11(15)13(18)19/h1-4,10-11,16H,5-7,14H2,(H,18,19)/t10?,11-/m0/s1. The Bertz CT molecular complexity index is 486. The van der Waals surface area contributed by atoms with Crippen molar-refractivity contribution < 1.29 is 19.8 Å². The molecule has 1 heterocycles. The van der Waals surface area contributed by atoms with Crippen LogP contribution in [0.2, 0.25) is 0 Å². The van der Waals surface area contributed by atoms with Crippen LogP contribution in [0.1, 0.15) is 12.0 Å². The van der Waals surface area contributed by atoms with Gasteiger partial charge in [0.2, 0.25) is 5.91 Å². The van der Waals surface area contributed by atoms with E-state index in [9.17, 15) is 14.7 Å². The molecule has 4 N–H and O–H groups in total. The van der Waals surface area contributed by atoms with Crippen molar-refractivity contribution in [3.63, 3.8) is 0 Å². The van der Waals surface area contributed by atoms with Gasteiger partial charge < -0.3 is 20.8 Å². The number of benzene rings is 1. The molecule has 102 valence electrons. The highest BCUT2D eigenvalue weighted by Gasteiger charge is 2.38. The van der Waals surface area contributed by atoms with Crippen molar-refractivity contribution in [2.24, 2.45) is 0 Å². The van der Waals surface area contributed by atoms with Gasteiger partial charge in [-0.2, -0.15) is 0 Å². The van der Waals surface area contributed by atoms with Crippen molar-refractivity contribution in [3.8, 4) is 0 Å². The summed E-state index contributed by atoms with van der Waals surface area (Å²) in [6, 6.07) is 5.91. The zero-order valence-electron chi connectivity index (χ0n) is 10.3. The summed E-state index contributed by atoms with van der Waals surface area (Å²) in [5, 5.41) is 18.5. The molecular formula is C13H16N2O4. The Morgan fingerprint density at radius 3 is 2.53 bits per heavy atom. The van der Waals surface area contributed by atoms with Crippen LogP contribution in [0, 0.1) is 0 Å². The lowest BCUT2D eigenvalue weighted by molar-refractivity contribution is -0.148. The van der Waals surface area contributed by atoms with E-state index < -0.39 is 18.1 Å². The summed E-state index contributed by atoms with van der Waals surface area (Å²) >= 11 is 0. The largest absolute Gasteiger partial charge is 0.480 e. The van der Waals surface area contributed by atoms with Crippen LogP contribution in [0.4, 0.5) is 5.69 Å². The van der Waals surface area contributed by atoms with Crippen molar-refractivity contribution in [1.82, 2.24) is 4.90 Å². The number of hydrogen-bond acceptors (Lipinski definition) is 4. The number of aliphatic hydroxyl groups is 1. The molecule has 0 radical (unpaired) electrons. The molecule has 1 aliphatic rings. The quantitative estimate of drug-likeness (QED) is 0.659. The van der Waals surface area contributed by atoms with Gasteiger partial charge in [0, 0.05) is 18.7 Å². The number of aliphatic carboxylic acids is 1. The second-order valence-corrected chi connectivity index (χ2v) is 4.71. The average molecular weight is 264 g/mol. The van der Waals surface area contributed by atoms with E-state index in [2.05, 4.69) is 0 Å². The lowest BCUT2D eigenvalue weighted by Crippen LogP contribution is -2.41. The zero-order chi connectivity index (χ0) is 14.0. The highest BCUT2D eigenvalue weighted by Crippen LogP contribution is 2.19. The van der Waals surface area contributed by atoms with Gasteiger partial charge in [0.1, 0.15) is 6.04 Å². The number of β-amino-alcohol motifs (C(OH)–C–C–N with tert-alkyl or cyclic N) is 1. The van der Waals surface area contributed by atoms with E-state index in [0.29, 0.717) is 5.69 Å². The minimum atomic E-state index is -1.08. The first-order chi connectivity index (χ1) is 8.97. The minimum absolute atomic E-state index is 0.0742. The Morgan fingerprint density at radius 1 is 1.32 bits per heavy atom. The van der Waals surface area contributed by atoms with E-state index in [0.717, 1.165) is 5.56 Å². The fourth-order valence-electron chi connectivity index (χ4n) is 2.24. The van der Waals surface area contributed by atoms with Gasteiger partial charge in [0.05, 0.1) is 12.5 Å². The molecule has 0 saturated carbocycles. The summed E-state index contributed by atoms with van der Waals surface area (Å²) < 4.78 is 0. The van der Waals surface area contributed by atoms with Crippen LogP contribution < -0.4 is 5.73 Å². The molecule has 1 amide bonds. The van der Waals surface area contributed by atoms with Crippen molar-refractivity contribution in [2.75, 3.05) is 12.3 Å². The van der Waals surface area contributed by atoms with Gasteiger partial charge in [0.25, 0.3) is 0 Å². The Kier molecular flexibility index (Phi) is 3.71. The maximum absolute atomic E-state index is 12.1. The van der Waals surface area contributed by atoms with Gasteiger partial charge >= 0.3 is 5.97 Å². The molecule has 1 aromatic rings. The number of nitrogens with two attached hydrogens (primary N) is 1. The van der Waals surface area contributed by atoms with Crippen LogP contribution in [0.25, 0.3) is 0 Å². The molecular weight excluding hydrogens is 248 g/mol. The second-order valence-electron chi connectivity index (χ2n) is 4.71. The summed E-state index contributed by atoms with van der Waals surface area (Å²) in [5.41, 5.74) is 6.93. The van der Waals surface area contributed by atoms with Crippen molar-refractivity contribution in [3.05, 3.63) is 29.8 Å². The van der Waals surface area contributed by atoms with Gasteiger partial charge in [-0.25, -0.2) is 4.79 Å². The first kappa shape index (κ1) is 13.4. The number of rotatable bonds is 3. The molecule has 1 aliphatic heterocycles. The summed E-state index contributed by atoms with van der Waals surface area (Å²) in [4.78, 5) is 24.3. The molecule has 6 heteroatoms. The molecule has 2 atom stereocenters. The van der Waals surface area contributed by atoms with E-state index in [1.54, 1.807) is 24.3 Å². The molecule has 0 aromatic heterocycles. The van der Waals surface area contributed by atoms with Crippen LogP contribution in [0.3, 0.4) is 0 Å². The SMILES string of the molecule is Nc1ccc(CC(=O)N2CC(O)C[C@H]2C(=O)O)cc1. The van der Waals surface area contributed by atoms with Crippen LogP contribution in [-0.4, -0.2) is 45.7 Å². The number of hydrogen-bond donors (Lipinski definition) is 3. The van der Waals surface area contributed by atoms with E-state index in [1.807, 2.05) is 0 Å². The second kappa shape index (κ2) is 5.27. The van der Waals surface area contributed by atoms with Gasteiger partial charge in [-0.1, -0.05) is 12.1 Å². The maximum atomic E-state index is 12.1. The Hall–Kier alpha value is -2.08. The molecule has 1 aromatic carbocycles. The van der Waals surface area contributed by atoms with Gasteiger partial charge in [0.15, 0.2) is 0 Å². The third kappa shape index (κ3) is 3.03. The van der Waals surface area contributed by atoms with Crippen LogP contribution in [0.5, 0.6) is 0 Å². The van der Waals surface area contributed by atoms with Gasteiger partial charge in [-0.15, -0.1) is 0 Å². The number of nitrogen functional groups attached to an aromatic ring is 1. The normalized spacial score (nSPS) is 22.5. The van der Waals surface area contributed by atoms with E-state index in [1.165, 1.54) is 4.90 Å². The van der Waals surface area contributed by atoms with Crippen molar-refractivity contribution >= 4 is 17.6 Å². The number of carboxylic acids is 1. The fourth-order valence-corrected chi connectivity index (χ4v) is 2.24. The van der Waals surface area contributed by atoms with Gasteiger partial charge in [-0.3, -0.25) is 4.79 Å². The number of amides is 1. The molecule has 2 rings (SSSR count). The topological polar surface area (TPSA) is 104 Å². The Morgan fingerprint density at radius 2 is 1.95 bits per heavy atom. The van der Waals surface area contributed by atoms with Crippen molar-refractivity contribution in [2.45, 2.75) is 25.0 Å². The van der Waals surface area contributed by atoms with Crippen LogP contribution >= 0.6 is 0 Å². The number of anilines is 1. The predicted molar refractivity (Wildman–Crippen MR) is 68.3 cm³/mol. The van der Waals surface area contributed by atoms with Gasteiger partial charge in [-0.05, 0) is 17.7 Å². The summed E-state index contributed by atoms with van der Waals surface area (Å²) in [5.74, 6) is -1.38. The molecule has 19 heavy (non-hydrogen) atoms. The number of carboxylic acid groups (broad SMARTS) is 1. The zero-order valence-corrected chi connectivity index (χ0v) is 10.3. The fraction of sp³-hybridized carbons (Fsp3) is 0.385. The van der Waals surface area contributed by atoms with E-state index in [-0.39, 0.29) is 25.3 Å². The van der Waals surface area contributed by atoms with Crippen molar-refractivity contribution in [1.29, 1.82) is 0 Å². The first-order valence-electron chi connectivity index (χ1n) is 6.02. The molecule has 0 bridgehead atoms. The number of likely N-dealkylation sites (tertiary alicyclic amines) is 1. The predicted octanol–water partition coefficient (Wildman–Crippen LogP) is -0.142. The molecule has 6 nitrogen and oxygen atoms in total. The summed E-state index contributed by atoms with van der Waals surface area (Å²) in [6.07, 6.45) is -0.573. The van der Waals surface area contributed by atoms with E-state index in [4.69, 9.17) is 10.8 Å². The number of nitrogens with zero attached hydrogens (tertiary/aromatic N) is 1. The average Bonchev–Trinajstić information content (AvgIpc) is 2.74. The van der Waals surface area contributed by atoms with Crippen LogP contribution in [-0.2, 0) is 16.0 Å². The Labute approximate surface area is 110 Å². The van der Waals surface area contributed by atoms with E-state index >= 15 is 0 Å². The highest BCUT2D eigenvalue weighted by molar-refractivity contribution is 5.85. The highest BCUT2D eigenvalue weighted by atomic mass is 16.4. The third-order valence-electron chi connectivity index (χ3n) is 3.22. The van der Waals surface area contributed by atoms with Crippen LogP contribution in [0.15, 0.2) is 24.3 Å². The smallest absolute Gasteiger partial charge is 0.326 e. The first-order valence-corrected chi connectivity index (χ1v) is 6.02. The monoisotopic (exact) mass is 264 g/mol. The number of aliphatic hydroxyl groups excluding tert-OH is 1. The Balaban J connectivity index is 2.06. The lowest BCUT2D eigenvalue weighted by atomic mass is 10.1. The number of carbonyl (C=O) groups excluding carboxylic acids is 1.